The molecule has 2 aliphatic rings. The lowest BCUT2D eigenvalue weighted by atomic mass is 9.96. The normalized spacial score (nSPS) is 15.0. The fourth-order valence-corrected chi connectivity index (χ4v) is 7.15. The van der Waals surface area contributed by atoms with Gasteiger partial charge in [-0.2, -0.15) is 5.26 Å². The molecule has 0 radical (unpaired) electrons. The fraction of sp³-hybridized carbons (Fsp3) is 0.250. The van der Waals surface area contributed by atoms with Gasteiger partial charge in [0, 0.05) is 17.0 Å². The largest absolute Gasteiger partial charge is 0.312 e. The van der Waals surface area contributed by atoms with Gasteiger partial charge in [0.1, 0.15) is 11.1 Å². The van der Waals surface area contributed by atoms with Crippen LogP contribution in [0.3, 0.4) is 0 Å². The van der Waals surface area contributed by atoms with Crippen molar-refractivity contribution in [3.8, 4) is 6.07 Å². The predicted octanol–water partition coefficient (Wildman–Crippen LogP) is 4.50. The first-order valence-electron chi connectivity index (χ1n) is 10.6. The fourth-order valence-electron chi connectivity index (χ4n) is 4.41. The molecule has 2 heterocycles. The van der Waals surface area contributed by atoms with Gasteiger partial charge in [-0.3, -0.25) is 9.10 Å². The van der Waals surface area contributed by atoms with E-state index in [-0.39, 0.29) is 10.8 Å². The van der Waals surface area contributed by atoms with E-state index in [9.17, 15) is 18.5 Å². The minimum Gasteiger partial charge on any atom is -0.312 e. The van der Waals surface area contributed by atoms with E-state index >= 15 is 0 Å². The van der Waals surface area contributed by atoms with Crippen molar-refractivity contribution >= 4 is 38.0 Å². The monoisotopic (exact) mass is 463 g/mol. The van der Waals surface area contributed by atoms with Crippen LogP contribution in [0.1, 0.15) is 44.8 Å². The number of anilines is 2. The van der Waals surface area contributed by atoms with E-state index in [0.717, 1.165) is 36.8 Å². The zero-order chi connectivity index (χ0) is 22.3. The molecule has 3 aromatic rings. The summed E-state index contributed by atoms with van der Waals surface area (Å²) in [6, 6.07) is 15.7. The number of hydrogen-bond donors (Lipinski definition) is 1. The van der Waals surface area contributed by atoms with E-state index in [0.29, 0.717) is 34.8 Å². The van der Waals surface area contributed by atoms with Gasteiger partial charge in [-0.05, 0) is 73.6 Å². The number of hydrogen-bond acceptors (Lipinski definition) is 5. The lowest BCUT2D eigenvalue weighted by Crippen LogP contribution is -2.29. The van der Waals surface area contributed by atoms with Crippen molar-refractivity contribution in [2.45, 2.75) is 37.0 Å². The van der Waals surface area contributed by atoms with Crippen LogP contribution in [0, 0.1) is 11.3 Å². The average molecular weight is 464 g/mol. The second kappa shape index (κ2) is 8.08. The van der Waals surface area contributed by atoms with Gasteiger partial charge in [-0.25, -0.2) is 8.42 Å². The Kier molecular flexibility index (Phi) is 5.24. The van der Waals surface area contributed by atoms with Crippen LogP contribution >= 0.6 is 11.3 Å². The summed E-state index contributed by atoms with van der Waals surface area (Å²) in [7, 11) is -3.71. The number of nitrogens with zero attached hydrogens (tertiary/aromatic N) is 2. The molecule has 0 fully saturated rings. The number of para-hydroxylation sites is 1. The first kappa shape index (κ1) is 20.7. The molecule has 2 aromatic carbocycles. The summed E-state index contributed by atoms with van der Waals surface area (Å²) in [5.74, 6) is -0.351. The molecule has 1 aliphatic heterocycles. The Morgan fingerprint density at radius 1 is 1.03 bits per heavy atom. The number of thiophene rings is 1. The Labute approximate surface area is 191 Å². The minimum absolute atomic E-state index is 0.148. The Morgan fingerprint density at radius 3 is 2.56 bits per heavy atom. The maximum absolute atomic E-state index is 13.2. The molecular formula is C24H21N3O3S2. The molecule has 8 heteroatoms. The summed E-state index contributed by atoms with van der Waals surface area (Å²) >= 11 is 1.47. The third-order valence-corrected chi connectivity index (χ3v) is 9.09. The van der Waals surface area contributed by atoms with Crippen molar-refractivity contribution in [2.75, 3.05) is 16.2 Å². The van der Waals surface area contributed by atoms with Crippen LogP contribution in [0.5, 0.6) is 0 Å². The quantitative estimate of drug-likeness (QED) is 0.617. The summed E-state index contributed by atoms with van der Waals surface area (Å²) in [4.78, 5) is 14.1. The maximum Gasteiger partial charge on any atom is 0.264 e. The topological polar surface area (TPSA) is 90.3 Å². The van der Waals surface area contributed by atoms with E-state index < -0.39 is 10.0 Å². The molecule has 0 bridgehead atoms. The highest BCUT2D eigenvalue weighted by Gasteiger charge is 2.30. The Balaban J connectivity index is 1.37. The van der Waals surface area contributed by atoms with Gasteiger partial charge >= 0.3 is 0 Å². The van der Waals surface area contributed by atoms with Gasteiger partial charge in [0.25, 0.3) is 15.9 Å². The average Bonchev–Trinajstić information content (AvgIpc) is 3.40. The van der Waals surface area contributed by atoms with E-state index in [4.69, 9.17) is 0 Å². The Bertz CT molecular complexity index is 1350. The molecule has 1 aromatic heterocycles. The number of nitrogens with one attached hydrogen (secondary N) is 1. The number of fused-ring (bicyclic) bond motifs is 2. The van der Waals surface area contributed by atoms with Gasteiger partial charge in [0.2, 0.25) is 0 Å². The number of nitriles is 1. The van der Waals surface area contributed by atoms with E-state index in [1.54, 1.807) is 0 Å². The van der Waals surface area contributed by atoms with Gasteiger partial charge in [-0.1, -0.05) is 18.2 Å². The standard InChI is InChI=1S/C24H21N3O3S2/c25-15-20-19-6-2-4-8-22(19)31-24(20)26-23(28)17-9-11-18(12-10-17)32(29,30)27-14-13-16-5-1-3-7-21(16)27/h1,3,5,7,9-12H,2,4,6,8,13-14H2,(H,26,28). The third-order valence-electron chi connectivity index (χ3n) is 6.06. The maximum atomic E-state index is 13.2. The summed E-state index contributed by atoms with van der Waals surface area (Å²) in [5.41, 5.74) is 3.69. The number of aryl methyl sites for hydroxylation is 1. The first-order chi connectivity index (χ1) is 15.5. The molecule has 1 N–H and O–H groups in total. The molecule has 162 valence electrons. The lowest BCUT2D eigenvalue weighted by molar-refractivity contribution is 0.102. The highest BCUT2D eigenvalue weighted by molar-refractivity contribution is 7.92. The summed E-state index contributed by atoms with van der Waals surface area (Å²) in [6.45, 7) is 0.407. The van der Waals surface area contributed by atoms with Crippen LogP contribution in [-0.4, -0.2) is 20.9 Å². The predicted molar refractivity (Wildman–Crippen MR) is 125 cm³/mol. The second-order valence-electron chi connectivity index (χ2n) is 7.96. The van der Waals surface area contributed by atoms with Gasteiger partial charge < -0.3 is 5.32 Å². The van der Waals surface area contributed by atoms with Crippen molar-refractivity contribution in [1.82, 2.24) is 0 Å². The van der Waals surface area contributed by atoms with E-state index in [2.05, 4.69) is 11.4 Å². The van der Waals surface area contributed by atoms with Crippen molar-refractivity contribution in [2.24, 2.45) is 0 Å². The number of sulfonamides is 1. The van der Waals surface area contributed by atoms with Crippen molar-refractivity contribution in [1.29, 1.82) is 5.26 Å². The second-order valence-corrected chi connectivity index (χ2v) is 10.9. The Morgan fingerprint density at radius 2 is 1.78 bits per heavy atom. The first-order valence-corrected chi connectivity index (χ1v) is 12.8. The summed E-state index contributed by atoms with van der Waals surface area (Å²) in [5, 5.41) is 13.0. The van der Waals surface area contributed by atoms with Gasteiger partial charge in [0.15, 0.2) is 0 Å². The minimum atomic E-state index is -3.71. The number of amides is 1. The van der Waals surface area contributed by atoms with Crippen LogP contribution in [0.2, 0.25) is 0 Å². The van der Waals surface area contributed by atoms with Gasteiger partial charge in [0.05, 0.1) is 16.1 Å². The summed E-state index contributed by atoms with van der Waals surface area (Å²) in [6.07, 6.45) is 4.65. The highest BCUT2D eigenvalue weighted by atomic mass is 32.2. The van der Waals surface area contributed by atoms with Crippen molar-refractivity contribution in [3.63, 3.8) is 0 Å². The number of benzene rings is 2. The highest BCUT2D eigenvalue weighted by Crippen LogP contribution is 2.38. The molecular weight excluding hydrogens is 442 g/mol. The van der Waals surface area contributed by atoms with Crippen molar-refractivity contribution < 1.29 is 13.2 Å². The molecule has 0 saturated carbocycles. The van der Waals surface area contributed by atoms with Crippen LogP contribution in [0.15, 0.2) is 53.4 Å². The molecule has 5 rings (SSSR count). The SMILES string of the molecule is N#Cc1c(NC(=O)c2ccc(S(=O)(=O)N3CCc4ccccc43)cc2)sc2c1CCCC2. The summed E-state index contributed by atoms with van der Waals surface area (Å²) < 4.78 is 27.7. The molecule has 0 saturated heterocycles. The van der Waals surface area contributed by atoms with Crippen molar-refractivity contribution in [3.05, 3.63) is 75.7 Å². The molecule has 1 amide bonds. The van der Waals surface area contributed by atoms with E-state index in [1.807, 2.05) is 24.3 Å². The molecule has 6 nitrogen and oxygen atoms in total. The smallest absolute Gasteiger partial charge is 0.264 e. The molecule has 1 aliphatic carbocycles. The Hall–Kier alpha value is -3.15. The number of carbonyl (C=O) groups is 1. The number of carbonyl (C=O) groups excluding carboxylic acids is 1. The van der Waals surface area contributed by atoms with E-state index in [1.165, 1.54) is 44.8 Å². The zero-order valence-electron chi connectivity index (χ0n) is 17.3. The molecule has 0 spiro atoms. The zero-order valence-corrected chi connectivity index (χ0v) is 18.9. The van der Waals surface area contributed by atoms with Crippen LogP contribution in [0.4, 0.5) is 10.7 Å². The molecule has 0 atom stereocenters. The van der Waals surface area contributed by atoms with Crippen LogP contribution < -0.4 is 9.62 Å². The van der Waals surface area contributed by atoms with Crippen LogP contribution in [-0.2, 0) is 29.3 Å². The van der Waals surface area contributed by atoms with Gasteiger partial charge in [-0.15, -0.1) is 11.3 Å². The molecule has 32 heavy (non-hydrogen) atoms. The number of rotatable bonds is 4. The third kappa shape index (κ3) is 3.48. The van der Waals surface area contributed by atoms with Crippen LogP contribution in [0.25, 0.3) is 0 Å². The lowest BCUT2D eigenvalue weighted by Gasteiger charge is -2.19. The molecule has 0 unspecified atom stereocenters.